The normalized spacial score (nSPS) is 23.5. The summed E-state index contributed by atoms with van der Waals surface area (Å²) in [5.74, 6) is -0.660. The molecular formula is C13H24N2O2. The van der Waals surface area contributed by atoms with Gasteiger partial charge in [0.05, 0.1) is 0 Å². The van der Waals surface area contributed by atoms with Gasteiger partial charge >= 0.3 is 5.97 Å². The smallest absolute Gasteiger partial charge is 0.323 e. The molecule has 0 heterocycles. The minimum Gasteiger partial charge on any atom is -0.480 e. The zero-order valence-electron chi connectivity index (χ0n) is 10.5. The molecule has 17 heavy (non-hydrogen) atoms. The molecule has 0 aromatic heterocycles. The Labute approximate surface area is 103 Å². The number of nitrogens with one attached hydrogen (secondary N) is 2. The number of carbonyl (C=O) groups is 1. The first kappa shape index (κ1) is 12.8. The van der Waals surface area contributed by atoms with Crippen LogP contribution in [0, 0.1) is 0 Å². The van der Waals surface area contributed by atoms with Crippen molar-refractivity contribution in [2.75, 3.05) is 13.1 Å². The van der Waals surface area contributed by atoms with Crippen LogP contribution in [0.2, 0.25) is 0 Å². The van der Waals surface area contributed by atoms with Crippen molar-refractivity contribution in [2.45, 2.75) is 62.9 Å². The molecule has 0 unspecified atom stereocenters. The van der Waals surface area contributed by atoms with E-state index in [9.17, 15) is 9.90 Å². The third-order valence-electron chi connectivity index (χ3n) is 3.94. The number of hydrogen-bond acceptors (Lipinski definition) is 3. The summed E-state index contributed by atoms with van der Waals surface area (Å²) in [6, 6.07) is 0.748. The summed E-state index contributed by atoms with van der Waals surface area (Å²) in [5, 5.41) is 16.1. The van der Waals surface area contributed by atoms with Crippen molar-refractivity contribution in [3.63, 3.8) is 0 Å². The standard InChI is InChI=1S/C13H24N2O2/c16-12(17)13(7-2-1-3-8-13)15-10-4-9-14-11-5-6-11/h11,14-15H,1-10H2,(H,16,17). The second-order valence-electron chi connectivity index (χ2n) is 5.46. The maximum atomic E-state index is 11.4. The van der Waals surface area contributed by atoms with Gasteiger partial charge in [0.1, 0.15) is 5.54 Å². The van der Waals surface area contributed by atoms with Gasteiger partial charge in [-0.25, -0.2) is 0 Å². The molecule has 0 spiro atoms. The lowest BCUT2D eigenvalue weighted by molar-refractivity contribution is -0.146. The Morgan fingerprint density at radius 1 is 1.18 bits per heavy atom. The Balaban J connectivity index is 1.67. The van der Waals surface area contributed by atoms with Crippen LogP contribution in [0.5, 0.6) is 0 Å². The van der Waals surface area contributed by atoms with Crippen molar-refractivity contribution >= 4 is 5.97 Å². The predicted octanol–water partition coefficient (Wildman–Crippen LogP) is 1.51. The highest BCUT2D eigenvalue weighted by Gasteiger charge is 2.38. The molecule has 0 aliphatic heterocycles. The topological polar surface area (TPSA) is 61.4 Å². The molecule has 4 heteroatoms. The molecule has 2 aliphatic rings. The van der Waals surface area contributed by atoms with Gasteiger partial charge in [-0.2, -0.15) is 0 Å². The second kappa shape index (κ2) is 5.83. The van der Waals surface area contributed by atoms with Crippen LogP contribution in [0.1, 0.15) is 51.4 Å². The molecule has 2 fully saturated rings. The van der Waals surface area contributed by atoms with Gasteiger partial charge in [-0.05, 0) is 45.2 Å². The summed E-state index contributed by atoms with van der Waals surface area (Å²) in [6.07, 6.45) is 8.49. The van der Waals surface area contributed by atoms with Crippen LogP contribution < -0.4 is 10.6 Å². The molecule has 0 amide bonds. The second-order valence-corrected chi connectivity index (χ2v) is 5.46. The third kappa shape index (κ3) is 3.68. The van der Waals surface area contributed by atoms with E-state index in [4.69, 9.17) is 0 Å². The number of aliphatic carboxylic acids is 1. The van der Waals surface area contributed by atoms with Gasteiger partial charge < -0.3 is 15.7 Å². The Morgan fingerprint density at radius 2 is 1.88 bits per heavy atom. The molecule has 0 aromatic carbocycles. The molecule has 2 rings (SSSR count). The average Bonchev–Trinajstić information content (AvgIpc) is 3.14. The Hall–Kier alpha value is -0.610. The quantitative estimate of drug-likeness (QED) is 0.590. The highest BCUT2D eigenvalue weighted by molar-refractivity contribution is 5.78. The molecule has 0 atom stereocenters. The molecule has 0 saturated heterocycles. The minimum absolute atomic E-state index is 0.627. The van der Waals surface area contributed by atoms with Crippen LogP contribution in [0.15, 0.2) is 0 Å². The number of rotatable bonds is 7. The van der Waals surface area contributed by atoms with E-state index in [0.717, 1.165) is 51.2 Å². The monoisotopic (exact) mass is 240 g/mol. The lowest BCUT2D eigenvalue weighted by Gasteiger charge is -2.34. The largest absolute Gasteiger partial charge is 0.480 e. The molecule has 4 nitrogen and oxygen atoms in total. The van der Waals surface area contributed by atoms with Crippen LogP contribution in [0.3, 0.4) is 0 Å². The van der Waals surface area contributed by atoms with Crippen LogP contribution in [0.4, 0.5) is 0 Å². The van der Waals surface area contributed by atoms with Crippen LogP contribution in [0.25, 0.3) is 0 Å². The van der Waals surface area contributed by atoms with E-state index in [2.05, 4.69) is 10.6 Å². The fourth-order valence-electron chi connectivity index (χ4n) is 2.63. The summed E-state index contributed by atoms with van der Waals surface area (Å²) < 4.78 is 0. The highest BCUT2D eigenvalue weighted by Crippen LogP contribution is 2.28. The first-order valence-corrected chi connectivity index (χ1v) is 6.95. The lowest BCUT2D eigenvalue weighted by Crippen LogP contribution is -2.53. The summed E-state index contributed by atoms with van der Waals surface area (Å²) in [4.78, 5) is 11.4. The van der Waals surface area contributed by atoms with Gasteiger partial charge in [-0.15, -0.1) is 0 Å². The van der Waals surface area contributed by atoms with Gasteiger partial charge in [-0.1, -0.05) is 19.3 Å². The molecule has 0 aromatic rings. The zero-order chi connectivity index (χ0) is 12.1. The number of carboxylic acid groups (broad SMARTS) is 1. The van der Waals surface area contributed by atoms with Gasteiger partial charge in [0.2, 0.25) is 0 Å². The van der Waals surface area contributed by atoms with Crippen molar-refractivity contribution in [2.24, 2.45) is 0 Å². The lowest BCUT2D eigenvalue weighted by atomic mass is 9.81. The summed E-state index contributed by atoms with van der Waals surface area (Å²) >= 11 is 0. The van der Waals surface area contributed by atoms with E-state index in [0.29, 0.717) is 0 Å². The van der Waals surface area contributed by atoms with E-state index in [1.54, 1.807) is 0 Å². The summed E-state index contributed by atoms with van der Waals surface area (Å²) in [6.45, 7) is 1.82. The maximum Gasteiger partial charge on any atom is 0.323 e. The van der Waals surface area contributed by atoms with E-state index < -0.39 is 11.5 Å². The van der Waals surface area contributed by atoms with Crippen molar-refractivity contribution in [3.8, 4) is 0 Å². The van der Waals surface area contributed by atoms with Crippen LogP contribution in [-0.4, -0.2) is 35.7 Å². The molecule has 3 N–H and O–H groups in total. The first-order chi connectivity index (χ1) is 8.23. The fourth-order valence-corrected chi connectivity index (χ4v) is 2.63. The predicted molar refractivity (Wildman–Crippen MR) is 67.1 cm³/mol. The van der Waals surface area contributed by atoms with Gasteiger partial charge in [0, 0.05) is 6.04 Å². The SMILES string of the molecule is O=C(O)C1(NCCCNC2CC2)CCCCC1. The molecule has 0 radical (unpaired) electrons. The molecule has 0 bridgehead atoms. The molecule has 2 saturated carbocycles. The zero-order valence-corrected chi connectivity index (χ0v) is 10.5. The van der Waals surface area contributed by atoms with Crippen molar-refractivity contribution < 1.29 is 9.90 Å². The summed E-state index contributed by atoms with van der Waals surface area (Å²) in [5.41, 5.74) is -0.627. The van der Waals surface area contributed by atoms with Gasteiger partial charge in [0.25, 0.3) is 0 Å². The van der Waals surface area contributed by atoms with E-state index in [1.807, 2.05) is 0 Å². The average molecular weight is 240 g/mol. The van der Waals surface area contributed by atoms with E-state index in [1.165, 1.54) is 19.3 Å². The first-order valence-electron chi connectivity index (χ1n) is 6.95. The molecule has 2 aliphatic carbocycles. The van der Waals surface area contributed by atoms with Crippen LogP contribution >= 0.6 is 0 Å². The fraction of sp³-hybridized carbons (Fsp3) is 0.923. The van der Waals surface area contributed by atoms with E-state index >= 15 is 0 Å². The highest BCUT2D eigenvalue weighted by atomic mass is 16.4. The third-order valence-corrected chi connectivity index (χ3v) is 3.94. The van der Waals surface area contributed by atoms with Crippen molar-refractivity contribution in [1.82, 2.24) is 10.6 Å². The maximum absolute atomic E-state index is 11.4. The summed E-state index contributed by atoms with van der Waals surface area (Å²) in [7, 11) is 0. The van der Waals surface area contributed by atoms with Crippen molar-refractivity contribution in [3.05, 3.63) is 0 Å². The minimum atomic E-state index is -0.660. The number of hydrogen-bond donors (Lipinski definition) is 3. The van der Waals surface area contributed by atoms with Gasteiger partial charge in [-0.3, -0.25) is 4.79 Å². The Morgan fingerprint density at radius 3 is 2.47 bits per heavy atom. The molecule has 98 valence electrons. The van der Waals surface area contributed by atoms with Gasteiger partial charge in [0.15, 0.2) is 0 Å². The van der Waals surface area contributed by atoms with E-state index in [-0.39, 0.29) is 0 Å². The number of carboxylic acids is 1. The Kier molecular flexibility index (Phi) is 4.40. The molecular weight excluding hydrogens is 216 g/mol. The van der Waals surface area contributed by atoms with Crippen molar-refractivity contribution in [1.29, 1.82) is 0 Å². The Bertz CT molecular complexity index is 258. The van der Waals surface area contributed by atoms with Crippen LogP contribution in [-0.2, 0) is 4.79 Å².